The first-order chi connectivity index (χ1) is 23.3. The van der Waals surface area contributed by atoms with Crippen molar-refractivity contribution in [3.8, 4) is 0 Å². The molecule has 0 saturated heterocycles. The number of para-hydroxylation sites is 1. The zero-order valence-electron chi connectivity index (χ0n) is 28.7. The standard InChI is InChI=1S/C40H48F2N2O5/c1-36-15-12-28(45)23-38(36)18-19-40(29(24-38)34(46)26-10-11-30(41)31(42)22-26)32(36)13-16-37(2)33(40)14-17-39(37,48)25-44(20-7-21-49-3)35(47)43-27-8-5-4-6-9-27/h4-6,8-11,18-19,22,24,28,32-33,45,48H,7,12-17,20-21,23,25H2,1-3H3,(H,43,47). The molecule has 9 heteroatoms. The van der Waals surface area contributed by atoms with Crippen LogP contribution in [0.5, 0.6) is 0 Å². The summed E-state index contributed by atoms with van der Waals surface area (Å²) in [5.41, 5.74) is -2.13. The second kappa shape index (κ2) is 12.1. The molecule has 2 spiro atoms. The number of nitrogens with zero attached hydrogens (tertiary/aromatic N) is 1. The summed E-state index contributed by atoms with van der Waals surface area (Å²) in [6.07, 6.45) is 11.1. The summed E-state index contributed by atoms with van der Waals surface area (Å²) in [6, 6.07) is 12.3. The Kier molecular flexibility index (Phi) is 8.43. The Bertz CT molecular complexity index is 1700. The van der Waals surface area contributed by atoms with Crippen LogP contribution in [0.25, 0.3) is 0 Å². The average Bonchev–Trinajstić information content (AvgIpc) is 3.35. The molecule has 2 aromatic carbocycles. The number of nitrogens with one attached hydrogen (secondary N) is 1. The summed E-state index contributed by atoms with van der Waals surface area (Å²) in [5.74, 6) is -2.52. The van der Waals surface area contributed by atoms with Crippen molar-refractivity contribution in [2.24, 2.45) is 33.5 Å². The highest BCUT2D eigenvalue weighted by Gasteiger charge is 2.74. The number of benzene rings is 2. The van der Waals surface area contributed by atoms with Gasteiger partial charge in [-0.05, 0) is 98.9 Å². The van der Waals surface area contributed by atoms with E-state index in [4.69, 9.17) is 4.74 Å². The van der Waals surface area contributed by atoms with E-state index in [1.807, 2.05) is 30.3 Å². The summed E-state index contributed by atoms with van der Waals surface area (Å²) < 4.78 is 33.9. The molecule has 8 rings (SSSR count). The number of Topliss-reactive ketones (excluding diaryl/α,β-unsaturated/α-hetero) is 1. The molecule has 0 heterocycles. The van der Waals surface area contributed by atoms with Gasteiger partial charge in [0, 0.05) is 53.3 Å². The fourth-order valence-electron chi connectivity index (χ4n) is 11.1. The van der Waals surface area contributed by atoms with E-state index in [-0.39, 0.29) is 41.2 Å². The van der Waals surface area contributed by atoms with Crippen LogP contribution in [0, 0.1) is 45.1 Å². The van der Waals surface area contributed by atoms with Gasteiger partial charge in [-0.15, -0.1) is 0 Å². The smallest absolute Gasteiger partial charge is 0.321 e. The molecule has 6 aliphatic carbocycles. The Hall–Kier alpha value is -3.40. The van der Waals surface area contributed by atoms with Crippen molar-refractivity contribution >= 4 is 17.5 Å². The van der Waals surface area contributed by atoms with Gasteiger partial charge in [-0.25, -0.2) is 13.6 Å². The number of aliphatic hydroxyl groups is 2. The lowest BCUT2D eigenvalue weighted by Gasteiger charge is -2.71. The lowest BCUT2D eigenvalue weighted by atomic mass is 9.32. The summed E-state index contributed by atoms with van der Waals surface area (Å²) in [4.78, 5) is 30.1. The van der Waals surface area contributed by atoms with Gasteiger partial charge in [0.2, 0.25) is 0 Å². The minimum atomic E-state index is -1.25. The predicted molar refractivity (Wildman–Crippen MR) is 183 cm³/mol. The lowest BCUT2D eigenvalue weighted by molar-refractivity contribution is -0.174. The molecular formula is C40H48F2N2O5. The molecule has 0 radical (unpaired) electrons. The van der Waals surface area contributed by atoms with E-state index in [0.29, 0.717) is 62.9 Å². The Morgan fingerprint density at radius 1 is 0.959 bits per heavy atom. The minimum Gasteiger partial charge on any atom is -0.393 e. The number of rotatable bonds is 9. The molecule has 49 heavy (non-hydrogen) atoms. The first kappa shape index (κ1) is 34.1. The van der Waals surface area contributed by atoms with E-state index in [0.717, 1.165) is 25.0 Å². The van der Waals surface area contributed by atoms with Crippen LogP contribution in [0.1, 0.15) is 75.6 Å². The number of fused-ring (bicyclic) bond motifs is 1. The third-order valence-electron chi connectivity index (χ3n) is 13.7. The molecule has 3 fully saturated rings. The van der Waals surface area contributed by atoms with Gasteiger partial charge >= 0.3 is 6.03 Å². The van der Waals surface area contributed by atoms with Crippen LogP contribution in [0.3, 0.4) is 0 Å². The molecule has 0 aliphatic heterocycles. The number of methoxy groups -OCH3 is 1. The van der Waals surface area contributed by atoms with E-state index < -0.39 is 39.6 Å². The van der Waals surface area contributed by atoms with Crippen LogP contribution in [0.2, 0.25) is 0 Å². The molecule has 7 nitrogen and oxygen atoms in total. The lowest BCUT2D eigenvalue weighted by Crippen LogP contribution is -2.67. The molecule has 2 bridgehead atoms. The number of allylic oxidation sites excluding steroid dienone is 4. The fraction of sp³-hybridized carbons (Fsp3) is 0.550. The summed E-state index contributed by atoms with van der Waals surface area (Å²) in [5, 5.41) is 26.7. The second-order valence-electron chi connectivity index (χ2n) is 15.8. The number of aliphatic hydroxyl groups excluding tert-OH is 1. The van der Waals surface area contributed by atoms with Gasteiger partial charge in [0.25, 0.3) is 0 Å². The molecule has 6 aliphatic rings. The summed E-state index contributed by atoms with van der Waals surface area (Å²) in [7, 11) is 1.62. The molecule has 2 aromatic rings. The van der Waals surface area contributed by atoms with Crippen LogP contribution in [-0.4, -0.2) is 65.4 Å². The largest absolute Gasteiger partial charge is 0.393 e. The topological polar surface area (TPSA) is 99.1 Å². The van der Waals surface area contributed by atoms with E-state index in [9.17, 15) is 28.6 Å². The minimum absolute atomic E-state index is 0.0476. The quantitative estimate of drug-likeness (QED) is 0.147. The number of halogens is 2. The van der Waals surface area contributed by atoms with Gasteiger partial charge in [-0.3, -0.25) is 4.79 Å². The molecule has 2 amide bonds. The van der Waals surface area contributed by atoms with E-state index in [2.05, 4.69) is 37.4 Å². The van der Waals surface area contributed by atoms with Gasteiger partial charge in [-0.2, -0.15) is 0 Å². The molecule has 8 atom stereocenters. The Morgan fingerprint density at radius 2 is 1.67 bits per heavy atom. The fourth-order valence-corrected chi connectivity index (χ4v) is 11.1. The van der Waals surface area contributed by atoms with E-state index in [1.165, 1.54) is 6.07 Å². The van der Waals surface area contributed by atoms with Crippen molar-refractivity contribution in [3.63, 3.8) is 0 Å². The second-order valence-corrected chi connectivity index (χ2v) is 15.8. The van der Waals surface area contributed by atoms with Crippen molar-refractivity contribution in [2.45, 2.75) is 76.9 Å². The zero-order chi connectivity index (χ0) is 34.8. The number of hydrogen-bond donors (Lipinski definition) is 3. The van der Waals surface area contributed by atoms with Gasteiger partial charge < -0.3 is 25.2 Å². The summed E-state index contributed by atoms with van der Waals surface area (Å²) in [6.45, 7) is 5.40. The zero-order valence-corrected chi connectivity index (χ0v) is 28.7. The predicted octanol–water partition coefficient (Wildman–Crippen LogP) is 7.31. The van der Waals surface area contributed by atoms with Crippen molar-refractivity contribution in [1.82, 2.24) is 4.90 Å². The highest BCUT2D eigenvalue weighted by Crippen LogP contribution is 2.78. The Morgan fingerprint density at radius 3 is 2.41 bits per heavy atom. The maximum atomic E-state index is 14.6. The first-order valence-electron chi connectivity index (χ1n) is 17.8. The van der Waals surface area contributed by atoms with Crippen LogP contribution >= 0.6 is 0 Å². The highest BCUT2D eigenvalue weighted by atomic mass is 19.2. The number of ether oxygens (including phenoxy) is 1. The van der Waals surface area contributed by atoms with Crippen molar-refractivity contribution in [2.75, 3.05) is 32.1 Å². The van der Waals surface area contributed by atoms with Crippen LogP contribution in [-0.2, 0) is 4.74 Å². The third-order valence-corrected chi connectivity index (χ3v) is 13.7. The molecule has 3 N–H and O–H groups in total. The number of amides is 2. The number of carbonyl (C=O) groups excluding carboxylic acids is 2. The normalized spacial score (nSPS) is 37.1. The maximum Gasteiger partial charge on any atom is 0.321 e. The molecule has 0 aromatic heterocycles. The van der Waals surface area contributed by atoms with Crippen LogP contribution in [0.4, 0.5) is 19.3 Å². The highest BCUT2D eigenvalue weighted by molar-refractivity contribution is 6.10. The number of anilines is 1. The van der Waals surface area contributed by atoms with Crippen molar-refractivity contribution < 1.29 is 33.3 Å². The first-order valence-corrected chi connectivity index (χ1v) is 17.8. The van der Waals surface area contributed by atoms with Gasteiger partial charge in [0.1, 0.15) is 0 Å². The molecule has 3 saturated carbocycles. The SMILES string of the molecule is COCCCN(CC1(O)CCC2C34C=CC5(C=C3C(=O)c3ccc(F)c(F)c3)CC(O)CCC5(C)C4CCC21C)C(=O)Nc1ccccc1. The molecule has 262 valence electrons. The number of urea groups is 1. The maximum absolute atomic E-state index is 14.6. The van der Waals surface area contributed by atoms with Crippen LogP contribution < -0.4 is 5.32 Å². The van der Waals surface area contributed by atoms with Crippen LogP contribution in [0.15, 0.2) is 72.3 Å². The average molecular weight is 675 g/mol. The Labute approximate surface area is 287 Å². The van der Waals surface area contributed by atoms with Gasteiger partial charge in [-0.1, -0.05) is 50.3 Å². The number of carbonyl (C=O) groups is 2. The number of ketones is 1. The van der Waals surface area contributed by atoms with Gasteiger partial charge in [0.05, 0.1) is 18.2 Å². The monoisotopic (exact) mass is 674 g/mol. The van der Waals surface area contributed by atoms with Crippen molar-refractivity contribution in [1.29, 1.82) is 0 Å². The number of hydrogen-bond acceptors (Lipinski definition) is 5. The molecule has 8 unspecified atom stereocenters. The molecular weight excluding hydrogens is 626 g/mol. The Balaban J connectivity index is 1.28. The van der Waals surface area contributed by atoms with E-state index >= 15 is 0 Å². The summed E-state index contributed by atoms with van der Waals surface area (Å²) >= 11 is 0. The third kappa shape index (κ3) is 5.05. The van der Waals surface area contributed by atoms with Crippen molar-refractivity contribution in [3.05, 3.63) is 89.5 Å². The van der Waals surface area contributed by atoms with E-state index in [1.54, 1.807) is 12.0 Å². The van der Waals surface area contributed by atoms with Gasteiger partial charge in [0.15, 0.2) is 17.4 Å².